The lowest BCUT2D eigenvalue weighted by atomic mass is 9.70. The highest BCUT2D eigenvalue weighted by Crippen LogP contribution is 2.42. The van der Waals surface area contributed by atoms with Crippen LogP contribution in [0.4, 0.5) is 0 Å². The van der Waals surface area contributed by atoms with Gasteiger partial charge >= 0.3 is 0 Å². The minimum atomic E-state index is -0.927. The van der Waals surface area contributed by atoms with E-state index < -0.39 is 23.8 Å². The average molecular weight is 425 g/mol. The molecular weight excluding hydrogens is 396 g/mol. The first kappa shape index (κ1) is 20.3. The van der Waals surface area contributed by atoms with Gasteiger partial charge in [0.25, 0.3) is 11.8 Å². The third-order valence-corrected chi connectivity index (χ3v) is 7.48. The number of rotatable bonds is 5. The van der Waals surface area contributed by atoms with Gasteiger partial charge in [-0.25, -0.2) is 0 Å². The molecule has 0 aromatic heterocycles. The van der Waals surface area contributed by atoms with E-state index in [9.17, 15) is 19.2 Å². The zero-order chi connectivity index (χ0) is 21.6. The molecule has 4 aliphatic rings. The maximum atomic E-state index is 13.0. The van der Waals surface area contributed by atoms with Gasteiger partial charge in [0.05, 0.1) is 11.1 Å². The van der Waals surface area contributed by atoms with Crippen LogP contribution in [0.25, 0.3) is 0 Å². The molecule has 0 radical (unpaired) electrons. The van der Waals surface area contributed by atoms with E-state index in [1.165, 1.54) is 32.1 Å². The minimum absolute atomic E-state index is 0.122. The SMILES string of the molecule is O=C1CCC(N2C(=O)c3ccc(CNCC45CCCCC4NCC5)cc3C2=O)C(=O)N1. The molecule has 1 aliphatic carbocycles. The van der Waals surface area contributed by atoms with Crippen LogP contribution in [0, 0.1) is 5.41 Å². The van der Waals surface area contributed by atoms with Gasteiger partial charge < -0.3 is 10.6 Å². The molecule has 8 nitrogen and oxygen atoms in total. The first-order valence-corrected chi connectivity index (χ1v) is 11.3. The number of carbonyl (C=O) groups excluding carboxylic acids is 4. The Labute approximate surface area is 181 Å². The predicted octanol–water partition coefficient (Wildman–Crippen LogP) is 1.10. The van der Waals surface area contributed by atoms with Gasteiger partial charge in [-0.15, -0.1) is 0 Å². The van der Waals surface area contributed by atoms with Crippen LogP contribution < -0.4 is 16.0 Å². The second-order valence-electron chi connectivity index (χ2n) is 9.30. The number of nitrogens with zero attached hydrogens (tertiary/aromatic N) is 1. The van der Waals surface area contributed by atoms with E-state index in [-0.39, 0.29) is 18.7 Å². The molecule has 0 bridgehead atoms. The Hall–Kier alpha value is -2.58. The molecule has 1 aromatic carbocycles. The van der Waals surface area contributed by atoms with Crippen molar-refractivity contribution in [1.82, 2.24) is 20.9 Å². The zero-order valence-corrected chi connectivity index (χ0v) is 17.5. The highest BCUT2D eigenvalue weighted by Gasteiger charge is 2.45. The van der Waals surface area contributed by atoms with Crippen LogP contribution >= 0.6 is 0 Å². The number of benzene rings is 1. The van der Waals surface area contributed by atoms with Gasteiger partial charge in [-0.3, -0.25) is 29.4 Å². The highest BCUT2D eigenvalue weighted by molar-refractivity contribution is 6.23. The molecule has 164 valence electrons. The predicted molar refractivity (Wildman–Crippen MR) is 112 cm³/mol. The van der Waals surface area contributed by atoms with Crippen LogP contribution in [0.5, 0.6) is 0 Å². The zero-order valence-electron chi connectivity index (χ0n) is 17.5. The van der Waals surface area contributed by atoms with Gasteiger partial charge in [0.1, 0.15) is 6.04 Å². The fourth-order valence-electron chi connectivity index (χ4n) is 5.80. The fraction of sp³-hybridized carbons (Fsp3) is 0.565. The minimum Gasteiger partial charge on any atom is -0.313 e. The van der Waals surface area contributed by atoms with Crippen LogP contribution in [-0.4, -0.2) is 53.7 Å². The van der Waals surface area contributed by atoms with Crippen molar-refractivity contribution in [3.05, 3.63) is 34.9 Å². The number of piperidine rings is 1. The summed E-state index contributed by atoms with van der Waals surface area (Å²) in [5.41, 5.74) is 1.93. The van der Waals surface area contributed by atoms with Gasteiger partial charge in [-0.2, -0.15) is 0 Å². The Morgan fingerprint density at radius 1 is 1.03 bits per heavy atom. The monoisotopic (exact) mass is 424 g/mol. The van der Waals surface area contributed by atoms with Gasteiger partial charge in [0, 0.05) is 25.6 Å². The molecule has 1 saturated carbocycles. The molecule has 2 saturated heterocycles. The van der Waals surface area contributed by atoms with E-state index >= 15 is 0 Å². The Kier molecular flexibility index (Phi) is 5.14. The van der Waals surface area contributed by atoms with Crippen LogP contribution in [0.15, 0.2) is 18.2 Å². The van der Waals surface area contributed by atoms with E-state index in [1.54, 1.807) is 12.1 Å². The summed E-state index contributed by atoms with van der Waals surface area (Å²) < 4.78 is 0. The lowest BCUT2D eigenvalue weighted by molar-refractivity contribution is -0.136. The molecule has 31 heavy (non-hydrogen) atoms. The molecule has 3 heterocycles. The lowest BCUT2D eigenvalue weighted by Gasteiger charge is -2.39. The summed E-state index contributed by atoms with van der Waals surface area (Å²) in [5.74, 6) is -1.88. The van der Waals surface area contributed by atoms with Crippen molar-refractivity contribution in [2.24, 2.45) is 5.41 Å². The van der Waals surface area contributed by atoms with Crippen molar-refractivity contribution in [2.45, 2.75) is 63.6 Å². The van der Waals surface area contributed by atoms with Gasteiger partial charge in [0.15, 0.2) is 0 Å². The molecule has 3 atom stereocenters. The van der Waals surface area contributed by atoms with Crippen LogP contribution in [0.2, 0.25) is 0 Å². The molecular formula is C23H28N4O4. The summed E-state index contributed by atoms with van der Waals surface area (Å²) in [6, 6.07) is 4.97. The van der Waals surface area contributed by atoms with E-state index in [4.69, 9.17) is 0 Å². The standard InChI is InChI=1S/C23H28N4O4/c28-19-7-6-17(20(29)26-19)27-21(30)15-5-4-14(11-16(15)22(27)31)12-24-13-23-8-2-1-3-18(23)25-10-9-23/h4-5,11,17-18,24-25H,1-3,6-10,12-13H2,(H,26,28,29). The highest BCUT2D eigenvalue weighted by atomic mass is 16.2. The Morgan fingerprint density at radius 3 is 2.71 bits per heavy atom. The van der Waals surface area contributed by atoms with E-state index in [0.717, 1.165) is 23.6 Å². The van der Waals surface area contributed by atoms with Crippen molar-refractivity contribution in [2.75, 3.05) is 13.1 Å². The van der Waals surface area contributed by atoms with Crippen LogP contribution in [-0.2, 0) is 16.1 Å². The summed E-state index contributed by atoms with van der Waals surface area (Å²) in [4.78, 5) is 50.4. The number of nitrogens with one attached hydrogen (secondary N) is 3. The Morgan fingerprint density at radius 2 is 1.87 bits per heavy atom. The second kappa shape index (κ2) is 7.84. The van der Waals surface area contributed by atoms with E-state index in [1.807, 2.05) is 6.07 Å². The summed E-state index contributed by atoms with van der Waals surface area (Å²) in [5, 5.41) is 9.46. The smallest absolute Gasteiger partial charge is 0.262 e. The average Bonchev–Trinajstić information content (AvgIpc) is 3.28. The second-order valence-corrected chi connectivity index (χ2v) is 9.30. The van der Waals surface area contributed by atoms with Gasteiger partial charge in [-0.1, -0.05) is 18.9 Å². The van der Waals surface area contributed by atoms with Crippen molar-refractivity contribution in [3.63, 3.8) is 0 Å². The number of imide groups is 2. The quantitative estimate of drug-likeness (QED) is 0.611. The third-order valence-electron chi connectivity index (χ3n) is 7.48. The Balaban J connectivity index is 1.27. The molecule has 5 rings (SSSR count). The molecule has 3 aliphatic heterocycles. The lowest BCUT2D eigenvalue weighted by Crippen LogP contribution is -2.54. The summed E-state index contributed by atoms with van der Waals surface area (Å²) in [6.45, 7) is 2.65. The summed E-state index contributed by atoms with van der Waals surface area (Å²) in [6.07, 6.45) is 6.56. The van der Waals surface area contributed by atoms with E-state index in [0.29, 0.717) is 29.1 Å². The van der Waals surface area contributed by atoms with Crippen molar-refractivity contribution >= 4 is 23.6 Å². The Bertz CT molecular complexity index is 961. The first-order valence-electron chi connectivity index (χ1n) is 11.3. The number of carbonyl (C=O) groups is 4. The first-order chi connectivity index (χ1) is 15.0. The maximum absolute atomic E-state index is 13.0. The molecule has 0 spiro atoms. The summed E-state index contributed by atoms with van der Waals surface area (Å²) >= 11 is 0. The van der Waals surface area contributed by atoms with Crippen molar-refractivity contribution in [3.8, 4) is 0 Å². The third kappa shape index (κ3) is 3.47. The fourth-order valence-corrected chi connectivity index (χ4v) is 5.80. The number of amides is 4. The summed E-state index contributed by atoms with van der Waals surface area (Å²) in [7, 11) is 0. The largest absolute Gasteiger partial charge is 0.313 e. The van der Waals surface area contributed by atoms with Crippen molar-refractivity contribution < 1.29 is 19.2 Å². The molecule has 1 aromatic rings. The van der Waals surface area contributed by atoms with E-state index in [2.05, 4.69) is 16.0 Å². The normalized spacial score (nSPS) is 30.4. The molecule has 8 heteroatoms. The topological polar surface area (TPSA) is 108 Å². The van der Waals surface area contributed by atoms with Crippen LogP contribution in [0.3, 0.4) is 0 Å². The number of fused-ring (bicyclic) bond motifs is 2. The molecule has 4 amide bonds. The maximum Gasteiger partial charge on any atom is 0.262 e. The molecule has 3 unspecified atom stereocenters. The molecule has 3 fully saturated rings. The number of hydrogen-bond acceptors (Lipinski definition) is 6. The molecule has 3 N–H and O–H groups in total. The van der Waals surface area contributed by atoms with Crippen molar-refractivity contribution in [1.29, 1.82) is 0 Å². The van der Waals surface area contributed by atoms with Gasteiger partial charge in [0.2, 0.25) is 11.8 Å². The van der Waals surface area contributed by atoms with Crippen LogP contribution in [0.1, 0.15) is 71.2 Å². The van der Waals surface area contributed by atoms with Gasteiger partial charge in [-0.05, 0) is 55.3 Å². The number of hydrogen-bond donors (Lipinski definition) is 3.